The zero-order chi connectivity index (χ0) is 17.2. The van der Waals surface area contributed by atoms with Crippen LogP contribution in [0.15, 0.2) is 42.6 Å². The van der Waals surface area contributed by atoms with Crippen molar-refractivity contribution in [3.8, 4) is 5.69 Å². The maximum atomic E-state index is 12.3. The lowest BCUT2D eigenvalue weighted by atomic mass is 10.2. The van der Waals surface area contributed by atoms with Crippen LogP contribution in [0.1, 0.15) is 39.7 Å². The number of fused-ring (bicyclic) bond motifs is 1. The Kier molecular flexibility index (Phi) is 4.01. The normalized spacial score (nSPS) is 12.8. The van der Waals surface area contributed by atoms with Crippen molar-refractivity contribution in [1.82, 2.24) is 25.1 Å². The monoisotopic (exact) mass is 333 g/mol. The number of para-hydroxylation sites is 1. The highest BCUT2D eigenvalue weighted by atomic mass is 16.1. The number of benzene rings is 1. The molecule has 0 aliphatic heterocycles. The summed E-state index contributed by atoms with van der Waals surface area (Å²) in [6.07, 6.45) is 4.77. The van der Waals surface area contributed by atoms with Crippen LogP contribution in [0.4, 0.5) is 0 Å². The molecule has 4 rings (SSSR count). The van der Waals surface area contributed by atoms with Gasteiger partial charge in [-0.05, 0) is 49.9 Å². The maximum absolute atomic E-state index is 12.3. The molecule has 0 saturated carbocycles. The van der Waals surface area contributed by atoms with E-state index in [0.29, 0.717) is 18.1 Å². The zero-order valence-electron chi connectivity index (χ0n) is 14.1. The van der Waals surface area contributed by atoms with Crippen LogP contribution in [0, 0.1) is 6.92 Å². The Morgan fingerprint density at radius 2 is 2.04 bits per heavy atom. The summed E-state index contributed by atoms with van der Waals surface area (Å²) in [5.41, 5.74) is 4.91. The number of aromatic nitrogens is 4. The van der Waals surface area contributed by atoms with E-state index < -0.39 is 0 Å². The van der Waals surface area contributed by atoms with Gasteiger partial charge in [0.05, 0.1) is 17.9 Å². The highest BCUT2D eigenvalue weighted by molar-refractivity contribution is 5.92. The van der Waals surface area contributed by atoms with Gasteiger partial charge >= 0.3 is 0 Å². The molecule has 1 aromatic carbocycles. The van der Waals surface area contributed by atoms with Crippen LogP contribution < -0.4 is 5.32 Å². The zero-order valence-corrected chi connectivity index (χ0v) is 14.1. The first kappa shape index (κ1) is 15.5. The molecular formula is C19H19N5O. The van der Waals surface area contributed by atoms with Crippen molar-refractivity contribution in [2.24, 2.45) is 0 Å². The first-order chi connectivity index (χ1) is 12.2. The van der Waals surface area contributed by atoms with Crippen LogP contribution in [-0.4, -0.2) is 25.7 Å². The number of hydrogen-bond acceptors (Lipinski definition) is 4. The minimum atomic E-state index is -0.202. The third kappa shape index (κ3) is 3.03. The SMILES string of the molecule is Cc1nccc(C(=O)NCc2nn(-c3ccccc3)c3c2CCC3)n1. The van der Waals surface area contributed by atoms with Gasteiger partial charge < -0.3 is 5.32 Å². The van der Waals surface area contributed by atoms with Crippen molar-refractivity contribution in [3.05, 3.63) is 71.1 Å². The first-order valence-electron chi connectivity index (χ1n) is 8.45. The van der Waals surface area contributed by atoms with Crippen LogP contribution in [0.25, 0.3) is 5.69 Å². The first-order valence-corrected chi connectivity index (χ1v) is 8.45. The molecular weight excluding hydrogens is 314 g/mol. The number of amides is 1. The van der Waals surface area contributed by atoms with E-state index in [4.69, 9.17) is 5.10 Å². The molecule has 0 spiro atoms. The summed E-state index contributed by atoms with van der Waals surface area (Å²) in [4.78, 5) is 20.5. The smallest absolute Gasteiger partial charge is 0.270 e. The lowest BCUT2D eigenvalue weighted by Gasteiger charge is -2.05. The second-order valence-electron chi connectivity index (χ2n) is 6.14. The number of nitrogens with one attached hydrogen (secondary N) is 1. The third-order valence-electron chi connectivity index (χ3n) is 4.44. The summed E-state index contributed by atoms with van der Waals surface area (Å²) in [5, 5.41) is 7.69. The van der Waals surface area contributed by atoms with Gasteiger partial charge in [-0.2, -0.15) is 5.10 Å². The van der Waals surface area contributed by atoms with E-state index in [1.165, 1.54) is 11.3 Å². The topological polar surface area (TPSA) is 72.7 Å². The highest BCUT2D eigenvalue weighted by Crippen LogP contribution is 2.27. The lowest BCUT2D eigenvalue weighted by Crippen LogP contribution is -2.25. The summed E-state index contributed by atoms with van der Waals surface area (Å²) in [7, 11) is 0. The Balaban J connectivity index is 1.56. The second-order valence-corrected chi connectivity index (χ2v) is 6.14. The number of nitrogens with zero attached hydrogens (tertiary/aromatic N) is 4. The molecule has 0 bridgehead atoms. The molecule has 126 valence electrons. The fourth-order valence-corrected chi connectivity index (χ4v) is 3.28. The molecule has 1 aliphatic rings. The molecule has 1 amide bonds. The number of aryl methyl sites for hydroxylation is 1. The maximum Gasteiger partial charge on any atom is 0.270 e. The van der Waals surface area contributed by atoms with Crippen LogP contribution >= 0.6 is 0 Å². The summed E-state index contributed by atoms with van der Waals surface area (Å²) >= 11 is 0. The molecule has 25 heavy (non-hydrogen) atoms. The van der Waals surface area contributed by atoms with Gasteiger partial charge in [0.15, 0.2) is 0 Å². The number of carbonyl (C=O) groups is 1. The van der Waals surface area contributed by atoms with Gasteiger partial charge in [-0.3, -0.25) is 4.79 Å². The third-order valence-corrected chi connectivity index (χ3v) is 4.44. The van der Waals surface area contributed by atoms with Gasteiger partial charge in [0.25, 0.3) is 5.91 Å². The Hall–Kier alpha value is -3.02. The van der Waals surface area contributed by atoms with Crippen molar-refractivity contribution in [2.45, 2.75) is 32.7 Å². The Morgan fingerprint density at radius 3 is 2.84 bits per heavy atom. The molecule has 0 unspecified atom stereocenters. The standard InChI is InChI=1S/C19H19N5O/c1-13-20-11-10-16(22-13)19(25)21-12-17-15-8-5-9-18(15)24(23-17)14-6-3-2-4-7-14/h2-4,6-7,10-11H,5,8-9,12H2,1H3,(H,21,25). The van der Waals surface area contributed by atoms with Crippen LogP contribution in [0.3, 0.4) is 0 Å². The summed E-state index contributed by atoms with van der Waals surface area (Å²) in [5.74, 6) is 0.383. The van der Waals surface area contributed by atoms with Crippen molar-refractivity contribution >= 4 is 5.91 Å². The number of carbonyl (C=O) groups excluding carboxylic acids is 1. The summed E-state index contributed by atoms with van der Waals surface area (Å²) in [6, 6.07) is 11.7. The van der Waals surface area contributed by atoms with Gasteiger partial charge in [-0.15, -0.1) is 0 Å². The van der Waals surface area contributed by atoms with E-state index in [9.17, 15) is 4.79 Å². The van der Waals surface area contributed by atoms with E-state index in [-0.39, 0.29) is 5.91 Å². The lowest BCUT2D eigenvalue weighted by molar-refractivity contribution is 0.0945. The molecule has 0 saturated heterocycles. The van der Waals surface area contributed by atoms with Gasteiger partial charge in [0.1, 0.15) is 11.5 Å². The van der Waals surface area contributed by atoms with E-state index in [0.717, 1.165) is 30.6 Å². The van der Waals surface area contributed by atoms with Gasteiger partial charge in [0, 0.05) is 11.9 Å². The average molecular weight is 333 g/mol. The molecule has 3 aromatic rings. The predicted molar refractivity (Wildman–Crippen MR) is 93.5 cm³/mol. The van der Waals surface area contributed by atoms with Crippen molar-refractivity contribution in [3.63, 3.8) is 0 Å². The Morgan fingerprint density at radius 1 is 1.20 bits per heavy atom. The molecule has 0 atom stereocenters. The van der Waals surface area contributed by atoms with E-state index >= 15 is 0 Å². The fourth-order valence-electron chi connectivity index (χ4n) is 3.28. The van der Waals surface area contributed by atoms with E-state index in [2.05, 4.69) is 27.4 Å². The predicted octanol–water partition coefficient (Wildman–Crippen LogP) is 2.39. The molecule has 2 aromatic heterocycles. The van der Waals surface area contributed by atoms with E-state index in [1.54, 1.807) is 19.2 Å². The van der Waals surface area contributed by atoms with Crippen LogP contribution in [0.2, 0.25) is 0 Å². The van der Waals surface area contributed by atoms with Crippen LogP contribution in [-0.2, 0) is 19.4 Å². The van der Waals surface area contributed by atoms with Crippen molar-refractivity contribution < 1.29 is 4.79 Å². The van der Waals surface area contributed by atoms with E-state index in [1.807, 2.05) is 22.9 Å². The summed E-state index contributed by atoms with van der Waals surface area (Å²) < 4.78 is 2.01. The number of rotatable bonds is 4. The number of hydrogen-bond donors (Lipinski definition) is 1. The minimum absolute atomic E-state index is 0.202. The minimum Gasteiger partial charge on any atom is -0.345 e. The van der Waals surface area contributed by atoms with Gasteiger partial charge in [0.2, 0.25) is 0 Å². The highest BCUT2D eigenvalue weighted by Gasteiger charge is 2.23. The average Bonchev–Trinajstić information content (AvgIpc) is 3.23. The molecule has 0 fully saturated rings. The Labute approximate surface area is 145 Å². The molecule has 1 aliphatic carbocycles. The summed E-state index contributed by atoms with van der Waals surface area (Å²) in [6.45, 7) is 2.18. The van der Waals surface area contributed by atoms with Crippen molar-refractivity contribution in [2.75, 3.05) is 0 Å². The molecule has 6 heteroatoms. The molecule has 1 N–H and O–H groups in total. The molecule has 2 heterocycles. The second kappa shape index (κ2) is 6.47. The van der Waals surface area contributed by atoms with Crippen LogP contribution in [0.5, 0.6) is 0 Å². The van der Waals surface area contributed by atoms with Crippen molar-refractivity contribution in [1.29, 1.82) is 0 Å². The largest absolute Gasteiger partial charge is 0.345 e. The quantitative estimate of drug-likeness (QED) is 0.796. The molecule has 6 nitrogen and oxygen atoms in total. The fraction of sp³-hybridized carbons (Fsp3) is 0.263. The van der Waals surface area contributed by atoms with Gasteiger partial charge in [-0.1, -0.05) is 18.2 Å². The molecule has 0 radical (unpaired) electrons. The van der Waals surface area contributed by atoms with Gasteiger partial charge in [-0.25, -0.2) is 14.6 Å². The Bertz CT molecular complexity index is 917.